The smallest absolute Gasteiger partial charge is 0.221 e. The van der Waals surface area contributed by atoms with Crippen LogP contribution >= 0.6 is 11.3 Å². The third kappa shape index (κ3) is 4.42. The first kappa shape index (κ1) is 15.2. The number of anilines is 1. The van der Waals surface area contributed by atoms with Gasteiger partial charge < -0.3 is 10.6 Å². The van der Waals surface area contributed by atoms with E-state index in [1.54, 1.807) is 18.3 Å². The van der Waals surface area contributed by atoms with Gasteiger partial charge in [0.25, 0.3) is 0 Å². The van der Waals surface area contributed by atoms with Gasteiger partial charge in [-0.15, -0.1) is 11.3 Å². The topological polar surface area (TPSA) is 41.1 Å². The lowest BCUT2D eigenvalue weighted by molar-refractivity contribution is -0.114. The van der Waals surface area contributed by atoms with E-state index in [0.29, 0.717) is 12.0 Å². The molecule has 0 fully saturated rings. The molecule has 0 aromatic carbocycles. The second-order valence-corrected chi connectivity index (χ2v) is 5.69. The Morgan fingerprint density at radius 1 is 1.39 bits per heavy atom. The van der Waals surface area contributed by atoms with Gasteiger partial charge in [-0.25, -0.2) is 0 Å². The van der Waals surface area contributed by atoms with Crippen LogP contribution in [0.25, 0.3) is 0 Å². The van der Waals surface area contributed by atoms with Crippen LogP contribution in [-0.2, 0) is 11.3 Å². The molecule has 1 atom stereocenters. The van der Waals surface area contributed by atoms with Gasteiger partial charge in [0.05, 0.1) is 5.69 Å². The van der Waals surface area contributed by atoms with Gasteiger partial charge >= 0.3 is 0 Å². The first-order valence-electron chi connectivity index (χ1n) is 6.65. The molecule has 3 nitrogen and oxygen atoms in total. The summed E-state index contributed by atoms with van der Waals surface area (Å²) in [5.41, 5.74) is 0.941. The summed E-state index contributed by atoms with van der Waals surface area (Å²) in [6.07, 6.45) is 2.40. The number of thiophene rings is 1. The third-order valence-electron chi connectivity index (χ3n) is 3.40. The molecular weight excluding hydrogens is 244 g/mol. The molecule has 0 aliphatic carbocycles. The van der Waals surface area contributed by atoms with Crippen molar-refractivity contribution in [2.24, 2.45) is 5.92 Å². The van der Waals surface area contributed by atoms with Crippen molar-refractivity contribution in [2.75, 3.05) is 5.32 Å². The van der Waals surface area contributed by atoms with Crippen LogP contribution in [0, 0.1) is 5.92 Å². The van der Waals surface area contributed by atoms with Crippen LogP contribution in [0.4, 0.5) is 5.69 Å². The quantitative estimate of drug-likeness (QED) is 0.793. The lowest BCUT2D eigenvalue weighted by atomic mass is 9.95. The van der Waals surface area contributed by atoms with Crippen molar-refractivity contribution in [1.82, 2.24) is 5.32 Å². The minimum absolute atomic E-state index is 0.0114. The molecule has 1 aromatic heterocycles. The van der Waals surface area contributed by atoms with Crippen LogP contribution < -0.4 is 10.6 Å². The summed E-state index contributed by atoms with van der Waals surface area (Å²) in [4.78, 5) is 12.3. The highest BCUT2D eigenvalue weighted by molar-refractivity contribution is 7.10. The molecule has 0 spiro atoms. The lowest BCUT2D eigenvalue weighted by Crippen LogP contribution is -2.32. The minimum atomic E-state index is -0.0114. The summed E-state index contributed by atoms with van der Waals surface area (Å²) in [7, 11) is 0. The van der Waals surface area contributed by atoms with Crippen LogP contribution in [-0.4, -0.2) is 11.9 Å². The van der Waals surface area contributed by atoms with Crippen molar-refractivity contribution in [3.05, 3.63) is 16.3 Å². The van der Waals surface area contributed by atoms with Crippen molar-refractivity contribution >= 4 is 22.9 Å². The molecule has 1 amide bonds. The van der Waals surface area contributed by atoms with E-state index in [-0.39, 0.29) is 5.91 Å². The summed E-state index contributed by atoms with van der Waals surface area (Å²) in [5, 5.41) is 8.44. The molecule has 102 valence electrons. The van der Waals surface area contributed by atoms with Crippen molar-refractivity contribution < 1.29 is 4.79 Å². The second-order valence-electron chi connectivity index (χ2n) is 4.68. The van der Waals surface area contributed by atoms with Gasteiger partial charge in [-0.3, -0.25) is 4.79 Å². The normalized spacial score (nSPS) is 12.7. The highest BCUT2D eigenvalue weighted by Crippen LogP contribution is 2.23. The zero-order valence-electron chi connectivity index (χ0n) is 11.7. The van der Waals surface area contributed by atoms with E-state index >= 15 is 0 Å². The number of carbonyl (C=O) groups is 1. The maximum Gasteiger partial charge on any atom is 0.221 e. The Labute approximate surface area is 114 Å². The Balaban J connectivity index is 2.52. The predicted octanol–water partition coefficient (Wildman–Crippen LogP) is 3.62. The summed E-state index contributed by atoms with van der Waals surface area (Å²) in [6.45, 7) is 9.08. The standard InChI is InChI=1S/C14H24N2OS/c1-5-12(6-2)10(3)15-9-14-13(7-8-18-14)16-11(4)17/h7-8,10,12,15H,5-6,9H2,1-4H3,(H,16,17). The van der Waals surface area contributed by atoms with Crippen LogP contribution in [0.2, 0.25) is 0 Å². The first-order valence-corrected chi connectivity index (χ1v) is 7.53. The van der Waals surface area contributed by atoms with Crippen molar-refractivity contribution in [3.63, 3.8) is 0 Å². The number of carbonyl (C=O) groups excluding carboxylic acids is 1. The zero-order valence-corrected chi connectivity index (χ0v) is 12.6. The fourth-order valence-corrected chi connectivity index (χ4v) is 2.98. The Hall–Kier alpha value is -0.870. The van der Waals surface area contributed by atoms with E-state index in [1.807, 2.05) is 11.4 Å². The van der Waals surface area contributed by atoms with Crippen molar-refractivity contribution in [2.45, 2.75) is 53.1 Å². The van der Waals surface area contributed by atoms with Gasteiger partial charge in [-0.2, -0.15) is 0 Å². The average Bonchev–Trinajstić information content (AvgIpc) is 2.74. The second kappa shape index (κ2) is 7.54. The van der Waals surface area contributed by atoms with E-state index in [0.717, 1.165) is 12.2 Å². The molecule has 1 aromatic rings. The monoisotopic (exact) mass is 268 g/mol. The molecule has 0 saturated carbocycles. The van der Waals surface area contributed by atoms with E-state index < -0.39 is 0 Å². The van der Waals surface area contributed by atoms with Crippen LogP contribution in [0.5, 0.6) is 0 Å². The zero-order chi connectivity index (χ0) is 13.5. The summed E-state index contributed by atoms with van der Waals surface area (Å²) < 4.78 is 0. The van der Waals surface area contributed by atoms with Gasteiger partial charge in [0.1, 0.15) is 0 Å². The maximum absolute atomic E-state index is 11.1. The van der Waals surface area contributed by atoms with Crippen molar-refractivity contribution in [1.29, 1.82) is 0 Å². The summed E-state index contributed by atoms with van der Waals surface area (Å²) in [6, 6.07) is 2.47. The maximum atomic E-state index is 11.1. The van der Waals surface area contributed by atoms with Gasteiger partial charge in [-0.1, -0.05) is 26.7 Å². The summed E-state index contributed by atoms with van der Waals surface area (Å²) in [5.74, 6) is 0.705. The predicted molar refractivity (Wildman–Crippen MR) is 79.0 cm³/mol. The Morgan fingerprint density at radius 3 is 2.61 bits per heavy atom. The molecule has 0 aliphatic heterocycles. The third-order valence-corrected chi connectivity index (χ3v) is 4.32. The van der Waals surface area contributed by atoms with E-state index in [1.165, 1.54) is 17.7 Å². The molecule has 18 heavy (non-hydrogen) atoms. The first-order chi connectivity index (χ1) is 8.58. The van der Waals surface area contributed by atoms with Crippen LogP contribution in [0.15, 0.2) is 11.4 Å². The van der Waals surface area contributed by atoms with E-state index in [2.05, 4.69) is 31.4 Å². The van der Waals surface area contributed by atoms with E-state index in [4.69, 9.17) is 0 Å². The number of rotatable bonds is 7. The molecule has 2 N–H and O–H groups in total. The Kier molecular flexibility index (Phi) is 6.36. The molecule has 1 heterocycles. The minimum Gasteiger partial charge on any atom is -0.325 e. The number of nitrogens with one attached hydrogen (secondary N) is 2. The van der Waals surface area contributed by atoms with E-state index in [9.17, 15) is 4.79 Å². The molecular formula is C14H24N2OS. The largest absolute Gasteiger partial charge is 0.325 e. The fourth-order valence-electron chi connectivity index (χ4n) is 2.19. The molecule has 4 heteroatoms. The highest BCUT2D eigenvalue weighted by atomic mass is 32.1. The summed E-state index contributed by atoms with van der Waals surface area (Å²) >= 11 is 1.68. The fraction of sp³-hybridized carbons (Fsp3) is 0.643. The highest BCUT2D eigenvalue weighted by Gasteiger charge is 2.14. The van der Waals surface area contributed by atoms with Crippen LogP contribution in [0.1, 0.15) is 45.4 Å². The molecule has 0 bridgehead atoms. The van der Waals surface area contributed by atoms with Gasteiger partial charge in [0, 0.05) is 24.4 Å². The Bertz CT molecular complexity index is 372. The SMILES string of the molecule is CCC(CC)C(C)NCc1sccc1NC(C)=O. The molecule has 1 unspecified atom stereocenters. The van der Waals surface area contributed by atoms with Crippen LogP contribution in [0.3, 0.4) is 0 Å². The number of hydrogen-bond acceptors (Lipinski definition) is 3. The van der Waals surface area contributed by atoms with Crippen molar-refractivity contribution in [3.8, 4) is 0 Å². The molecule has 0 saturated heterocycles. The average molecular weight is 268 g/mol. The molecule has 1 rings (SSSR count). The van der Waals surface area contributed by atoms with Gasteiger partial charge in [0.2, 0.25) is 5.91 Å². The Morgan fingerprint density at radius 2 is 2.06 bits per heavy atom. The van der Waals surface area contributed by atoms with Gasteiger partial charge in [0.15, 0.2) is 0 Å². The molecule has 0 aliphatic rings. The van der Waals surface area contributed by atoms with Gasteiger partial charge in [-0.05, 0) is 24.3 Å². The molecule has 0 radical (unpaired) electrons. The number of amides is 1. The lowest BCUT2D eigenvalue weighted by Gasteiger charge is -2.22. The number of hydrogen-bond donors (Lipinski definition) is 2.